The SMILES string of the molecule is Cn1c2c(CN(CCO)C(=O)OC(C)(C)C)cccc2c2c3c(c4c5ccccc5[nH]c4c21)C(=O)NC3=O. The van der Waals surface area contributed by atoms with Gasteiger partial charge in [0.25, 0.3) is 11.8 Å². The monoisotopic (exact) mass is 512 g/mol. The lowest BCUT2D eigenvalue weighted by Gasteiger charge is -2.27. The Morgan fingerprint density at radius 3 is 2.37 bits per heavy atom. The van der Waals surface area contributed by atoms with Crippen LogP contribution in [0.3, 0.4) is 0 Å². The summed E-state index contributed by atoms with van der Waals surface area (Å²) in [4.78, 5) is 44.1. The molecule has 0 saturated heterocycles. The summed E-state index contributed by atoms with van der Waals surface area (Å²) in [5.41, 5.74) is 4.15. The zero-order chi connectivity index (χ0) is 26.9. The van der Waals surface area contributed by atoms with Gasteiger partial charge in [0.15, 0.2) is 0 Å². The molecule has 5 aromatic rings. The fraction of sp³-hybridized carbons (Fsp3) is 0.276. The molecule has 3 N–H and O–H groups in total. The van der Waals surface area contributed by atoms with E-state index < -0.39 is 23.5 Å². The van der Waals surface area contributed by atoms with E-state index in [9.17, 15) is 19.5 Å². The number of carbonyl (C=O) groups excluding carboxylic acids is 3. The number of nitrogens with zero attached hydrogens (tertiary/aromatic N) is 2. The summed E-state index contributed by atoms with van der Waals surface area (Å²) in [7, 11) is 1.92. The molecule has 6 rings (SSSR count). The van der Waals surface area contributed by atoms with Crippen LogP contribution in [0.4, 0.5) is 4.79 Å². The van der Waals surface area contributed by atoms with E-state index in [0.29, 0.717) is 16.5 Å². The van der Waals surface area contributed by atoms with Gasteiger partial charge in [-0.1, -0.05) is 36.4 Å². The molecule has 2 aromatic heterocycles. The maximum absolute atomic E-state index is 13.2. The Kier molecular flexibility index (Phi) is 5.26. The van der Waals surface area contributed by atoms with E-state index in [4.69, 9.17) is 4.74 Å². The zero-order valence-electron chi connectivity index (χ0n) is 21.6. The second-order valence-corrected chi connectivity index (χ2v) is 10.7. The van der Waals surface area contributed by atoms with Gasteiger partial charge < -0.3 is 24.3 Å². The highest BCUT2D eigenvalue weighted by Crippen LogP contribution is 2.43. The number of carbonyl (C=O) groups is 3. The minimum atomic E-state index is -0.682. The number of aryl methyl sites for hydroxylation is 1. The van der Waals surface area contributed by atoms with E-state index in [1.165, 1.54) is 4.90 Å². The molecule has 0 aliphatic carbocycles. The summed E-state index contributed by atoms with van der Waals surface area (Å²) in [6.45, 7) is 5.48. The number of nitrogens with one attached hydrogen (secondary N) is 2. The zero-order valence-corrected chi connectivity index (χ0v) is 21.6. The number of amides is 3. The maximum Gasteiger partial charge on any atom is 0.410 e. The number of ether oxygens (including phenoxy) is 1. The third-order valence-electron chi connectivity index (χ3n) is 7.05. The number of H-pyrrole nitrogens is 1. The fourth-order valence-corrected chi connectivity index (χ4v) is 5.67. The van der Waals surface area contributed by atoms with Crippen LogP contribution in [0.25, 0.3) is 43.6 Å². The van der Waals surface area contributed by atoms with Crippen molar-refractivity contribution in [1.29, 1.82) is 0 Å². The molecule has 194 valence electrons. The molecule has 0 saturated carbocycles. The van der Waals surface area contributed by atoms with Gasteiger partial charge in [0.05, 0.1) is 40.8 Å². The predicted molar refractivity (Wildman–Crippen MR) is 145 cm³/mol. The molecular formula is C29H28N4O5. The van der Waals surface area contributed by atoms with Gasteiger partial charge in [-0.3, -0.25) is 14.9 Å². The van der Waals surface area contributed by atoms with E-state index >= 15 is 0 Å². The molecule has 0 atom stereocenters. The quantitative estimate of drug-likeness (QED) is 0.305. The van der Waals surface area contributed by atoms with Gasteiger partial charge in [0.2, 0.25) is 0 Å². The molecule has 1 aliphatic rings. The van der Waals surface area contributed by atoms with E-state index in [1.54, 1.807) is 20.8 Å². The standard InChI is InChI=1S/C29H28N4O5/c1-29(2,3)38-28(37)33(12-13-34)14-15-8-7-10-17-20-22-21(26(35)31-27(22)36)19-16-9-5-6-11-18(16)30-23(19)25(20)32(4)24(15)17/h5-11,30,34H,12-14H2,1-4H3,(H,31,35,36). The number of aliphatic hydroxyl groups is 1. The molecule has 38 heavy (non-hydrogen) atoms. The van der Waals surface area contributed by atoms with E-state index in [-0.39, 0.29) is 19.7 Å². The second kappa shape index (κ2) is 8.32. The Morgan fingerprint density at radius 2 is 1.66 bits per heavy atom. The molecular weight excluding hydrogens is 484 g/mol. The van der Waals surface area contributed by atoms with E-state index in [2.05, 4.69) is 10.3 Å². The third-order valence-corrected chi connectivity index (χ3v) is 7.05. The topological polar surface area (TPSA) is 117 Å². The van der Waals surface area contributed by atoms with Crippen molar-refractivity contribution in [2.24, 2.45) is 7.05 Å². The van der Waals surface area contributed by atoms with Crippen molar-refractivity contribution >= 4 is 61.5 Å². The number of aliphatic hydroxyl groups excluding tert-OH is 1. The predicted octanol–water partition coefficient (Wildman–Crippen LogP) is 4.58. The maximum atomic E-state index is 13.2. The molecule has 3 amide bonds. The summed E-state index contributed by atoms with van der Waals surface area (Å²) in [6.07, 6.45) is -0.522. The van der Waals surface area contributed by atoms with E-state index in [0.717, 1.165) is 43.8 Å². The Bertz CT molecular complexity index is 1820. The van der Waals surface area contributed by atoms with Crippen molar-refractivity contribution in [3.63, 3.8) is 0 Å². The summed E-state index contributed by atoms with van der Waals surface area (Å²) >= 11 is 0. The number of hydrogen-bond acceptors (Lipinski definition) is 5. The first-order valence-electron chi connectivity index (χ1n) is 12.5. The molecule has 0 bridgehead atoms. The van der Waals surface area contributed by atoms with Crippen molar-refractivity contribution in [3.8, 4) is 0 Å². The lowest BCUT2D eigenvalue weighted by molar-refractivity contribution is 0.0202. The molecule has 0 unspecified atom stereocenters. The Balaban J connectivity index is 1.66. The number of fused-ring (bicyclic) bond motifs is 10. The molecule has 1 aliphatic heterocycles. The van der Waals surface area contributed by atoms with E-state index in [1.807, 2.05) is 54.1 Å². The number of aromatic nitrogens is 2. The first kappa shape index (κ1) is 24.0. The average Bonchev–Trinajstić information content (AvgIpc) is 3.47. The first-order valence-corrected chi connectivity index (χ1v) is 12.5. The molecule has 0 fully saturated rings. The molecule has 3 aromatic carbocycles. The third kappa shape index (κ3) is 3.46. The van der Waals surface area contributed by atoms with Crippen molar-refractivity contribution in [1.82, 2.24) is 19.8 Å². The summed E-state index contributed by atoms with van der Waals surface area (Å²) < 4.78 is 7.59. The van der Waals surface area contributed by atoms with Gasteiger partial charge >= 0.3 is 6.09 Å². The molecule has 0 radical (unpaired) electrons. The van der Waals surface area contributed by atoms with Gasteiger partial charge in [0, 0.05) is 40.7 Å². The second-order valence-electron chi connectivity index (χ2n) is 10.7. The Hall–Kier alpha value is -4.37. The number of para-hydroxylation sites is 2. The number of hydrogen-bond donors (Lipinski definition) is 3. The lowest BCUT2D eigenvalue weighted by Crippen LogP contribution is -2.38. The lowest BCUT2D eigenvalue weighted by atomic mass is 9.96. The Morgan fingerprint density at radius 1 is 0.974 bits per heavy atom. The van der Waals surface area contributed by atoms with Crippen LogP contribution < -0.4 is 5.32 Å². The van der Waals surface area contributed by atoms with Crippen LogP contribution >= 0.6 is 0 Å². The Labute approximate surface area is 217 Å². The smallest absolute Gasteiger partial charge is 0.410 e. The molecule has 3 heterocycles. The summed E-state index contributed by atoms with van der Waals surface area (Å²) in [6, 6.07) is 13.4. The van der Waals surface area contributed by atoms with Crippen LogP contribution in [0, 0.1) is 0 Å². The van der Waals surface area contributed by atoms with Gasteiger partial charge in [-0.05, 0) is 32.4 Å². The van der Waals surface area contributed by atoms with Crippen LogP contribution in [-0.4, -0.2) is 56.2 Å². The highest BCUT2D eigenvalue weighted by molar-refractivity contribution is 6.39. The van der Waals surface area contributed by atoms with Gasteiger partial charge in [0.1, 0.15) is 5.60 Å². The highest BCUT2D eigenvalue weighted by atomic mass is 16.6. The van der Waals surface area contributed by atoms with Gasteiger partial charge in [-0.2, -0.15) is 0 Å². The summed E-state index contributed by atoms with van der Waals surface area (Å²) in [5, 5.41) is 15.2. The van der Waals surface area contributed by atoms with Crippen molar-refractivity contribution in [2.45, 2.75) is 32.9 Å². The minimum absolute atomic E-state index is 0.105. The van der Waals surface area contributed by atoms with Gasteiger partial charge in [-0.25, -0.2) is 4.79 Å². The molecule has 0 spiro atoms. The van der Waals surface area contributed by atoms with Crippen molar-refractivity contribution < 1.29 is 24.2 Å². The van der Waals surface area contributed by atoms with Crippen LogP contribution in [0.5, 0.6) is 0 Å². The normalized spacial score (nSPS) is 13.6. The van der Waals surface area contributed by atoms with Crippen molar-refractivity contribution in [2.75, 3.05) is 13.2 Å². The highest BCUT2D eigenvalue weighted by Gasteiger charge is 2.35. The van der Waals surface area contributed by atoms with Crippen LogP contribution in [0.15, 0.2) is 42.5 Å². The first-order chi connectivity index (χ1) is 18.1. The summed E-state index contributed by atoms with van der Waals surface area (Å²) in [5.74, 6) is -0.829. The number of benzene rings is 3. The largest absolute Gasteiger partial charge is 0.444 e. The average molecular weight is 513 g/mol. The molecule has 9 heteroatoms. The minimum Gasteiger partial charge on any atom is -0.444 e. The van der Waals surface area contributed by atoms with Crippen molar-refractivity contribution in [3.05, 3.63) is 59.2 Å². The molecule has 9 nitrogen and oxygen atoms in total. The number of aromatic amines is 1. The van der Waals surface area contributed by atoms with Crippen LogP contribution in [0.2, 0.25) is 0 Å². The van der Waals surface area contributed by atoms with Gasteiger partial charge in [-0.15, -0.1) is 0 Å². The number of imide groups is 1. The van der Waals surface area contributed by atoms with Crippen LogP contribution in [-0.2, 0) is 18.3 Å². The van der Waals surface area contributed by atoms with Crippen LogP contribution in [0.1, 0.15) is 47.1 Å². The number of rotatable bonds is 4. The fourth-order valence-electron chi connectivity index (χ4n) is 5.67.